The average Bonchev–Trinajstić information content (AvgIpc) is 2.39. The van der Waals surface area contributed by atoms with Crippen molar-refractivity contribution in [1.82, 2.24) is 4.90 Å². The Bertz CT molecular complexity index is 390. The molecule has 0 saturated heterocycles. The van der Waals surface area contributed by atoms with E-state index in [-0.39, 0.29) is 11.9 Å². The van der Waals surface area contributed by atoms with Crippen molar-refractivity contribution < 1.29 is 9.53 Å². The Morgan fingerprint density at radius 1 is 1.37 bits per heavy atom. The van der Waals surface area contributed by atoms with Crippen LogP contribution in [0, 0.1) is 0 Å². The number of carbonyl (C=O) groups is 1. The third-order valence-electron chi connectivity index (χ3n) is 3.10. The first-order valence-corrected chi connectivity index (χ1v) is 6.69. The highest BCUT2D eigenvalue weighted by atomic mass is 16.5. The first kappa shape index (κ1) is 15.5. The van der Waals surface area contributed by atoms with Gasteiger partial charge in [-0.25, -0.2) is 0 Å². The maximum atomic E-state index is 12.0. The molecule has 0 aliphatic heterocycles. The molecule has 0 aliphatic carbocycles. The molecule has 4 nitrogen and oxygen atoms in total. The molecule has 1 aromatic carbocycles. The van der Waals surface area contributed by atoms with E-state index in [1.54, 1.807) is 12.0 Å². The number of ether oxygens (including phenoxy) is 1. The minimum Gasteiger partial charge on any atom is -0.497 e. The van der Waals surface area contributed by atoms with Gasteiger partial charge in [0.05, 0.1) is 7.11 Å². The van der Waals surface area contributed by atoms with E-state index in [4.69, 9.17) is 10.5 Å². The van der Waals surface area contributed by atoms with Gasteiger partial charge in [0.1, 0.15) is 5.75 Å². The van der Waals surface area contributed by atoms with Gasteiger partial charge in [-0.15, -0.1) is 0 Å². The van der Waals surface area contributed by atoms with Crippen LogP contribution in [0.15, 0.2) is 24.3 Å². The normalized spacial score (nSPS) is 12.0. The van der Waals surface area contributed by atoms with Gasteiger partial charge in [0.15, 0.2) is 0 Å². The van der Waals surface area contributed by atoms with E-state index in [1.165, 1.54) is 0 Å². The summed E-state index contributed by atoms with van der Waals surface area (Å²) in [6, 6.07) is 7.70. The molecule has 1 unspecified atom stereocenters. The smallest absolute Gasteiger partial charge is 0.224 e. The second-order valence-electron chi connectivity index (χ2n) is 4.85. The summed E-state index contributed by atoms with van der Waals surface area (Å²) in [6.45, 7) is 2.67. The fraction of sp³-hybridized carbons (Fsp3) is 0.533. The maximum Gasteiger partial charge on any atom is 0.224 e. The van der Waals surface area contributed by atoms with Crippen LogP contribution in [-0.2, 0) is 11.3 Å². The highest BCUT2D eigenvalue weighted by molar-refractivity contribution is 5.76. The molecule has 19 heavy (non-hydrogen) atoms. The minimum absolute atomic E-state index is 0.0317. The first-order chi connectivity index (χ1) is 9.06. The standard InChI is InChI=1S/C15H24N2O2/c1-4-5-13(16)10-15(18)17(2)11-12-6-8-14(19-3)9-7-12/h6-9,13H,4-5,10-11,16H2,1-3H3. The number of methoxy groups -OCH3 is 1. The van der Waals surface area contributed by atoms with E-state index in [1.807, 2.05) is 31.3 Å². The second-order valence-corrected chi connectivity index (χ2v) is 4.85. The third-order valence-corrected chi connectivity index (χ3v) is 3.10. The zero-order valence-electron chi connectivity index (χ0n) is 12.1. The van der Waals surface area contributed by atoms with Crippen LogP contribution in [0.5, 0.6) is 5.75 Å². The molecule has 0 radical (unpaired) electrons. The number of carbonyl (C=O) groups excluding carboxylic acids is 1. The number of nitrogens with two attached hydrogens (primary N) is 1. The largest absolute Gasteiger partial charge is 0.497 e. The minimum atomic E-state index is -0.0317. The van der Waals surface area contributed by atoms with Crippen molar-refractivity contribution in [1.29, 1.82) is 0 Å². The lowest BCUT2D eigenvalue weighted by molar-refractivity contribution is -0.130. The quantitative estimate of drug-likeness (QED) is 0.821. The number of hydrogen-bond donors (Lipinski definition) is 1. The lowest BCUT2D eigenvalue weighted by Gasteiger charge is -2.19. The molecule has 1 rings (SSSR count). The second kappa shape index (κ2) is 7.79. The fourth-order valence-corrected chi connectivity index (χ4v) is 1.95. The van der Waals surface area contributed by atoms with Gasteiger partial charge < -0.3 is 15.4 Å². The van der Waals surface area contributed by atoms with Crippen molar-refractivity contribution in [2.45, 2.75) is 38.8 Å². The number of nitrogens with zero attached hydrogens (tertiary/aromatic N) is 1. The molecule has 0 aliphatic rings. The highest BCUT2D eigenvalue weighted by Crippen LogP contribution is 2.13. The Morgan fingerprint density at radius 3 is 2.53 bits per heavy atom. The summed E-state index contributed by atoms with van der Waals surface area (Å²) in [5, 5.41) is 0. The van der Waals surface area contributed by atoms with Crippen LogP contribution in [0.1, 0.15) is 31.7 Å². The van der Waals surface area contributed by atoms with Crippen LogP contribution in [0.4, 0.5) is 0 Å². The molecule has 0 spiro atoms. The lowest BCUT2D eigenvalue weighted by Crippen LogP contribution is -2.32. The van der Waals surface area contributed by atoms with E-state index in [0.29, 0.717) is 13.0 Å². The number of benzene rings is 1. The van der Waals surface area contributed by atoms with Crippen molar-refractivity contribution in [3.05, 3.63) is 29.8 Å². The Labute approximate surface area is 115 Å². The van der Waals surface area contributed by atoms with Crippen LogP contribution in [0.2, 0.25) is 0 Å². The summed E-state index contributed by atoms with van der Waals surface area (Å²) < 4.78 is 5.10. The number of rotatable bonds is 7. The van der Waals surface area contributed by atoms with Crippen LogP contribution < -0.4 is 10.5 Å². The van der Waals surface area contributed by atoms with Crippen molar-refractivity contribution in [2.24, 2.45) is 5.73 Å². The zero-order chi connectivity index (χ0) is 14.3. The number of hydrogen-bond acceptors (Lipinski definition) is 3. The average molecular weight is 264 g/mol. The Kier molecular flexibility index (Phi) is 6.36. The summed E-state index contributed by atoms with van der Waals surface area (Å²) in [6.07, 6.45) is 2.32. The molecular weight excluding hydrogens is 240 g/mol. The van der Waals surface area contributed by atoms with Gasteiger partial charge >= 0.3 is 0 Å². The van der Waals surface area contributed by atoms with Gasteiger partial charge in [-0.2, -0.15) is 0 Å². The Morgan fingerprint density at radius 2 is 2.00 bits per heavy atom. The summed E-state index contributed by atoms with van der Waals surface area (Å²) >= 11 is 0. The Balaban J connectivity index is 2.48. The molecule has 1 aromatic rings. The SMILES string of the molecule is CCCC(N)CC(=O)N(C)Cc1ccc(OC)cc1. The van der Waals surface area contributed by atoms with Crippen LogP contribution in [-0.4, -0.2) is 31.0 Å². The van der Waals surface area contributed by atoms with Crippen molar-refractivity contribution in [3.8, 4) is 5.75 Å². The monoisotopic (exact) mass is 264 g/mol. The molecule has 1 amide bonds. The fourth-order valence-electron chi connectivity index (χ4n) is 1.95. The predicted molar refractivity (Wildman–Crippen MR) is 77.0 cm³/mol. The van der Waals surface area contributed by atoms with Crippen molar-refractivity contribution >= 4 is 5.91 Å². The van der Waals surface area contributed by atoms with Crippen LogP contribution >= 0.6 is 0 Å². The highest BCUT2D eigenvalue weighted by Gasteiger charge is 2.13. The topological polar surface area (TPSA) is 55.6 Å². The summed E-state index contributed by atoms with van der Waals surface area (Å²) in [7, 11) is 3.45. The lowest BCUT2D eigenvalue weighted by atomic mass is 10.1. The summed E-state index contributed by atoms with van der Waals surface area (Å²) in [5.74, 6) is 0.916. The molecule has 0 fully saturated rings. The van der Waals surface area contributed by atoms with Gasteiger partial charge in [-0.1, -0.05) is 25.5 Å². The molecular formula is C15H24N2O2. The van der Waals surface area contributed by atoms with Gasteiger partial charge in [0.25, 0.3) is 0 Å². The van der Waals surface area contributed by atoms with E-state index < -0.39 is 0 Å². The van der Waals surface area contributed by atoms with E-state index in [0.717, 1.165) is 24.2 Å². The molecule has 2 N–H and O–H groups in total. The number of amides is 1. The van der Waals surface area contributed by atoms with Crippen molar-refractivity contribution in [3.63, 3.8) is 0 Å². The third kappa shape index (κ3) is 5.30. The van der Waals surface area contributed by atoms with Gasteiger partial charge in [-0.05, 0) is 24.1 Å². The summed E-state index contributed by atoms with van der Waals surface area (Å²) in [5.41, 5.74) is 6.97. The van der Waals surface area contributed by atoms with E-state index >= 15 is 0 Å². The van der Waals surface area contributed by atoms with Gasteiger partial charge in [-0.3, -0.25) is 4.79 Å². The summed E-state index contributed by atoms with van der Waals surface area (Å²) in [4.78, 5) is 13.7. The first-order valence-electron chi connectivity index (χ1n) is 6.69. The van der Waals surface area contributed by atoms with Gasteiger partial charge in [0, 0.05) is 26.1 Å². The molecule has 1 atom stereocenters. The zero-order valence-corrected chi connectivity index (χ0v) is 12.1. The van der Waals surface area contributed by atoms with Crippen LogP contribution in [0.25, 0.3) is 0 Å². The maximum absolute atomic E-state index is 12.0. The molecule has 106 valence electrons. The van der Waals surface area contributed by atoms with E-state index in [9.17, 15) is 4.79 Å². The van der Waals surface area contributed by atoms with Crippen molar-refractivity contribution in [2.75, 3.05) is 14.2 Å². The molecule has 4 heteroatoms. The van der Waals surface area contributed by atoms with E-state index in [2.05, 4.69) is 6.92 Å². The molecule has 0 aromatic heterocycles. The molecule has 0 saturated carbocycles. The van der Waals surface area contributed by atoms with Gasteiger partial charge in [0.2, 0.25) is 5.91 Å². The molecule has 0 heterocycles. The Hall–Kier alpha value is -1.55. The molecule has 0 bridgehead atoms. The predicted octanol–water partition coefficient (Wildman–Crippen LogP) is 2.17. The van der Waals surface area contributed by atoms with Crippen LogP contribution in [0.3, 0.4) is 0 Å².